The summed E-state index contributed by atoms with van der Waals surface area (Å²) in [5.41, 5.74) is 0.359. The van der Waals surface area contributed by atoms with Gasteiger partial charge in [0.05, 0.1) is 6.10 Å². The van der Waals surface area contributed by atoms with Crippen molar-refractivity contribution in [1.82, 2.24) is 0 Å². The molecule has 6 unspecified atom stereocenters. The Hall–Kier alpha value is -0.720. The molecule has 0 aromatic heterocycles. The first-order valence-electron chi connectivity index (χ1n) is 9.77. The second-order valence-electron chi connectivity index (χ2n) is 9.35. The van der Waals surface area contributed by atoms with Gasteiger partial charge in [0.1, 0.15) is 0 Å². The molecule has 2 N–H and O–H groups in total. The predicted molar refractivity (Wildman–Crippen MR) is 97.3 cm³/mol. The molecule has 0 amide bonds. The molecule has 0 aromatic rings. The molecule has 1 saturated carbocycles. The second kappa shape index (κ2) is 5.65. The van der Waals surface area contributed by atoms with Crippen LogP contribution < -0.4 is 0 Å². The lowest BCUT2D eigenvalue weighted by molar-refractivity contribution is -0.312. The first kappa shape index (κ1) is 18.6. The molecule has 4 rings (SSSR count). The molecule has 0 radical (unpaired) electrons. The minimum atomic E-state index is -1.45. The number of rotatable bonds is 1. The number of hydrogen-bond acceptors (Lipinski definition) is 5. The number of aliphatic hydroxyl groups excluding tert-OH is 1. The van der Waals surface area contributed by atoms with Gasteiger partial charge in [0.25, 0.3) is 0 Å². The van der Waals surface area contributed by atoms with E-state index >= 15 is 0 Å². The van der Waals surface area contributed by atoms with Gasteiger partial charge in [-0.1, -0.05) is 37.6 Å². The number of methoxy groups -OCH3 is 1. The first-order valence-corrected chi connectivity index (χ1v) is 9.77. The zero-order chi connectivity index (χ0) is 19.0. The van der Waals surface area contributed by atoms with E-state index in [1.165, 1.54) is 0 Å². The highest BCUT2D eigenvalue weighted by molar-refractivity contribution is 5.37. The molecule has 2 saturated heterocycles. The van der Waals surface area contributed by atoms with Crippen molar-refractivity contribution in [3.05, 3.63) is 23.8 Å². The fourth-order valence-electron chi connectivity index (χ4n) is 6.30. The van der Waals surface area contributed by atoms with Crippen LogP contribution in [0.5, 0.6) is 0 Å². The highest BCUT2D eigenvalue weighted by Crippen LogP contribution is 2.77. The lowest BCUT2D eigenvalue weighted by atomic mass is 9.54. The Balaban J connectivity index is 1.81. The molecule has 5 heteroatoms. The average Bonchev–Trinajstić information content (AvgIpc) is 3.19. The molecule has 0 aromatic carbocycles. The molecular weight excluding hydrogens is 332 g/mol. The van der Waals surface area contributed by atoms with Gasteiger partial charge in [-0.25, -0.2) is 0 Å². The number of hydrogen-bond donors (Lipinski definition) is 2. The Bertz CT molecular complexity index is 655. The molecule has 5 nitrogen and oxygen atoms in total. The fraction of sp³-hybridized carbons (Fsp3) is 0.810. The average molecular weight is 364 g/mol. The Morgan fingerprint density at radius 3 is 2.73 bits per heavy atom. The summed E-state index contributed by atoms with van der Waals surface area (Å²) in [7, 11) is 1.61. The third-order valence-electron chi connectivity index (χ3n) is 7.47. The summed E-state index contributed by atoms with van der Waals surface area (Å²) in [5, 5.41) is 22.0. The number of fused-ring (bicyclic) bond motifs is 1. The predicted octanol–water partition coefficient (Wildman–Crippen LogP) is 3.06. The summed E-state index contributed by atoms with van der Waals surface area (Å²) in [6, 6.07) is 0. The number of ether oxygens (including phenoxy) is 3. The fourth-order valence-corrected chi connectivity index (χ4v) is 6.30. The van der Waals surface area contributed by atoms with E-state index in [0.29, 0.717) is 18.8 Å². The van der Waals surface area contributed by atoms with Gasteiger partial charge in [0.2, 0.25) is 5.79 Å². The molecule has 2 aliphatic heterocycles. The molecule has 2 aliphatic carbocycles. The van der Waals surface area contributed by atoms with Crippen molar-refractivity contribution in [3.8, 4) is 0 Å². The lowest BCUT2D eigenvalue weighted by Gasteiger charge is -2.47. The standard InChI is InChI=1S/C21H32O5/c1-13-6-7-15-8-9-19-17(24-5)25-20(23,12-14(2)11-16(22)10-13)21(19,26-19)18(15,3)4/h11,15-17,22-23H,1,6-10,12H2,2-5H3. The molecule has 6 atom stereocenters. The zero-order valence-electron chi connectivity index (χ0n) is 16.4. The highest BCUT2D eigenvalue weighted by atomic mass is 16.8. The molecule has 3 fully saturated rings. The van der Waals surface area contributed by atoms with Gasteiger partial charge in [-0.15, -0.1) is 0 Å². The Morgan fingerprint density at radius 1 is 1.31 bits per heavy atom. The van der Waals surface area contributed by atoms with Crippen LogP contribution in [0.1, 0.15) is 59.3 Å². The Morgan fingerprint density at radius 2 is 2.04 bits per heavy atom. The highest BCUT2D eigenvalue weighted by Gasteiger charge is 2.93. The normalized spacial score (nSPS) is 50.3. The zero-order valence-corrected chi connectivity index (χ0v) is 16.4. The summed E-state index contributed by atoms with van der Waals surface area (Å²) < 4.78 is 18.2. The van der Waals surface area contributed by atoms with Crippen molar-refractivity contribution in [1.29, 1.82) is 0 Å². The topological polar surface area (TPSA) is 71.5 Å². The van der Waals surface area contributed by atoms with Crippen LogP contribution in [0, 0.1) is 11.3 Å². The molecule has 26 heavy (non-hydrogen) atoms. The molecule has 2 heterocycles. The van der Waals surface area contributed by atoms with Crippen LogP contribution in [0.3, 0.4) is 0 Å². The maximum atomic E-state index is 11.7. The van der Waals surface area contributed by atoms with Gasteiger partial charge in [-0.3, -0.25) is 0 Å². The van der Waals surface area contributed by atoms with Crippen LogP contribution in [0.4, 0.5) is 0 Å². The summed E-state index contributed by atoms with van der Waals surface area (Å²) >= 11 is 0. The van der Waals surface area contributed by atoms with Gasteiger partial charge in [0, 0.05) is 18.9 Å². The third kappa shape index (κ3) is 2.15. The van der Waals surface area contributed by atoms with E-state index in [-0.39, 0.29) is 5.41 Å². The molecule has 2 bridgehead atoms. The third-order valence-corrected chi connectivity index (χ3v) is 7.47. The van der Waals surface area contributed by atoms with Crippen LogP contribution in [0.25, 0.3) is 0 Å². The van der Waals surface area contributed by atoms with Gasteiger partial charge in [-0.05, 0) is 44.9 Å². The monoisotopic (exact) mass is 364 g/mol. The first-order chi connectivity index (χ1) is 12.1. The largest absolute Gasteiger partial charge is 0.389 e. The van der Waals surface area contributed by atoms with Gasteiger partial charge in [-0.2, -0.15) is 0 Å². The number of epoxide rings is 1. The minimum absolute atomic E-state index is 0.258. The molecule has 146 valence electrons. The van der Waals surface area contributed by atoms with Crippen LogP contribution in [-0.4, -0.2) is 46.7 Å². The van der Waals surface area contributed by atoms with Gasteiger partial charge >= 0.3 is 0 Å². The van der Waals surface area contributed by atoms with E-state index in [0.717, 1.165) is 36.8 Å². The molecule has 1 spiro atoms. The minimum Gasteiger partial charge on any atom is -0.389 e. The van der Waals surface area contributed by atoms with Gasteiger partial charge < -0.3 is 24.4 Å². The Kier molecular flexibility index (Phi) is 4.05. The van der Waals surface area contributed by atoms with E-state index in [1.54, 1.807) is 7.11 Å². The summed E-state index contributed by atoms with van der Waals surface area (Å²) in [4.78, 5) is 0. The van der Waals surface area contributed by atoms with Crippen LogP contribution in [-0.2, 0) is 14.2 Å². The summed E-state index contributed by atoms with van der Waals surface area (Å²) in [5.74, 6) is -1.06. The van der Waals surface area contributed by atoms with Gasteiger partial charge in [0.15, 0.2) is 17.5 Å². The van der Waals surface area contributed by atoms with Crippen molar-refractivity contribution in [2.45, 2.75) is 88.7 Å². The van der Waals surface area contributed by atoms with Crippen molar-refractivity contribution >= 4 is 0 Å². The maximum Gasteiger partial charge on any atom is 0.205 e. The van der Waals surface area contributed by atoms with Crippen molar-refractivity contribution in [2.24, 2.45) is 11.3 Å². The van der Waals surface area contributed by atoms with Crippen molar-refractivity contribution in [2.75, 3.05) is 7.11 Å². The van der Waals surface area contributed by atoms with Crippen molar-refractivity contribution < 1.29 is 24.4 Å². The van der Waals surface area contributed by atoms with E-state index < -0.39 is 29.4 Å². The van der Waals surface area contributed by atoms with E-state index in [2.05, 4.69) is 20.4 Å². The summed E-state index contributed by atoms with van der Waals surface area (Å²) in [6.07, 6.45) is 5.24. The quantitative estimate of drug-likeness (QED) is 0.553. The molecule has 4 aliphatic rings. The van der Waals surface area contributed by atoms with Crippen LogP contribution >= 0.6 is 0 Å². The van der Waals surface area contributed by atoms with E-state index in [9.17, 15) is 10.2 Å². The van der Waals surface area contributed by atoms with E-state index in [1.807, 2.05) is 13.0 Å². The van der Waals surface area contributed by atoms with Crippen molar-refractivity contribution in [3.63, 3.8) is 0 Å². The van der Waals surface area contributed by atoms with E-state index in [4.69, 9.17) is 14.2 Å². The lowest BCUT2D eigenvalue weighted by Crippen LogP contribution is -2.59. The SMILES string of the molecule is C=C1CCC2CCC34OC3(C(O)(CC(C)=CC(O)C1)OC4OC)C2(C)C. The maximum absolute atomic E-state index is 11.7. The number of aliphatic hydroxyl groups is 2. The van der Waals surface area contributed by atoms with Crippen LogP contribution in [0.15, 0.2) is 23.8 Å². The smallest absolute Gasteiger partial charge is 0.205 e. The summed E-state index contributed by atoms with van der Waals surface area (Å²) in [6.45, 7) is 10.5. The second-order valence-corrected chi connectivity index (χ2v) is 9.35. The molecular formula is C21H32O5. The Labute approximate surface area is 156 Å². The van der Waals surface area contributed by atoms with Crippen LogP contribution in [0.2, 0.25) is 0 Å².